The van der Waals surface area contributed by atoms with Gasteiger partial charge in [-0.3, -0.25) is 0 Å². The molecule has 0 spiro atoms. The molecular weight excluding hydrogens is 286 g/mol. The maximum absolute atomic E-state index is 5.75. The molecule has 2 aliphatic heterocycles. The molecule has 1 N–H and O–H groups in total. The number of hydrogen-bond acceptors (Lipinski definition) is 6. The molecule has 3 heterocycles. The van der Waals surface area contributed by atoms with Crippen molar-refractivity contribution in [2.75, 3.05) is 24.7 Å². The molecule has 3 unspecified atom stereocenters. The van der Waals surface area contributed by atoms with Crippen LogP contribution in [0.2, 0.25) is 0 Å². The van der Waals surface area contributed by atoms with Gasteiger partial charge in [-0.25, -0.2) is 0 Å². The van der Waals surface area contributed by atoms with Crippen molar-refractivity contribution in [2.24, 2.45) is 0 Å². The first-order valence-corrected chi connectivity index (χ1v) is 9.27. The summed E-state index contributed by atoms with van der Waals surface area (Å²) in [5.41, 5.74) is 0. The Morgan fingerprint density at radius 3 is 3.10 bits per heavy atom. The zero-order valence-electron chi connectivity index (χ0n) is 12.7. The fourth-order valence-electron chi connectivity index (χ4n) is 3.00. The highest BCUT2D eigenvalue weighted by Crippen LogP contribution is 2.32. The van der Waals surface area contributed by atoms with E-state index >= 15 is 0 Å². The highest BCUT2D eigenvalue weighted by molar-refractivity contribution is 7.99. The van der Waals surface area contributed by atoms with Gasteiger partial charge in [0.05, 0.1) is 12.0 Å². The lowest BCUT2D eigenvalue weighted by atomic mass is 10.0. The van der Waals surface area contributed by atoms with Gasteiger partial charge in [0, 0.05) is 30.6 Å². The van der Waals surface area contributed by atoms with Gasteiger partial charge in [0.2, 0.25) is 5.89 Å². The Kier molecular flexibility index (Phi) is 5.55. The van der Waals surface area contributed by atoms with E-state index in [2.05, 4.69) is 22.4 Å². The SMILES string of the molecule is CCCNC1CSCC1c1nc(CC2CCCCO2)no1. The molecule has 3 rings (SSSR count). The minimum absolute atomic E-state index is 0.274. The van der Waals surface area contributed by atoms with Crippen LogP contribution in [0.4, 0.5) is 0 Å². The van der Waals surface area contributed by atoms with Gasteiger partial charge in [0.1, 0.15) is 0 Å². The lowest BCUT2D eigenvalue weighted by Gasteiger charge is -2.20. The minimum atomic E-state index is 0.274. The second kappa shape index (κ2) is 7.61. The molecule has 5 nitrogen and oxygen atoms in total. The average Bonchev–Trinajstić information content (AvgIpc) is 3.15. The quantitative estimate of drug-likeness (QED) is 0.870. The van der Waals surface area contributed by atoms with Gasteiger partial charge in [-0.2, -0.15) is 16.7 Å². The number of rotatable bonds is 6. The molecule has 1 aromatic rings. The van der Waals surface area contributed by atoms with E-state index in [1.807, 2.05) is 11.8 Å². The minimum Gasteiger partial charge on any atom is -0.378 e. The third-order valence-electron chi connectivity index (χ3n) is 4.22. The molecule has 0 radical (unpaired) electrons. The summed E-state index contributed by atoms with van der Waals surface area (Å²) in [5.74, 6) is 4.18. The summed E-state index contributed by atoms with van der Waals surface area (Å²) in [7, 11) is 0. The third kappa shape index (κ3) is 3.99. The Balaban J connectivity index is 1.58. The molecule has 0 amide bonds. The second-order valence-electron chi connectivity index (χ2n) is 5.95. The zero-order chi connectivity index (χ0) is 14.5. The van der Waals surface area contributed by atoms with Crippen molar-refractivity contribution in [3.8, 4) is 0 Å². The number of nitrogens with zero attached hydrogens (tertiary/aromatic N) is 2. The molecule has 0 saturated carbocycles. The number of aromatic nitrogens is 2. The van der Waals surface area contributed by atoms with Crippen LogP contribution >= 0.6 is 11.8 Å². The van der Waals surface area contributed by atoms with E-state index in [-0.39, 0.29) is 6.10 Å². The summed E-state index contributed by atoms with van der Waals surface area (Å²) in [5, 5.41) is 7.76. The smallest absolute Gasteiger partial charge is 0.232 e. The molecule has 2 fully saturated rings. The van der Waals surface area contributed by atoms with Gasteiger partial charge >= 0.3 is 0 Å². The Morgan fingerprint density at radius 2 is 2.29 bits per heavy atom. The Labute approximate surface area is 130 Å². The highest BCUT2D eigenvalue weighted by Gasteiger charge is 2.33. The summed E-state index contributed by atoms with van der Waals surface area (Å²) in [6, 6.07) is 0.467. The monoisotopic (exact) mass is 311 g/mol. The predicted molar refractivity (Wildman–Crippen MR) is 83.7 cm³/mol. The zero-order valence-corrected chi connectivity index (χ0v) is 13.5. The van der Waals surface area contributed by atoms with Gasteiger partial charge in [0.15, 0.2) is 5.82 Å². The van der Waals surface area contributed by atoms with Crippen molar-refractivity contribution < 1.29 is 9.26 Å². The number of ether oxygens (including phenoxy) is 1. The first-order chi connectivity index (χ1) is 10.4. The van der Waals surface area contributed by atoms with Crippen LogP contribution in [0, 0.1) is 0 Å². The number of nitrogens with one attached hydrogen (secondary N) is 1. The molecule has 0 bridgehead atoms. The number of hydrogen-bond donors (Lipinski definition) is 1. The van der Waals surface area contributed by atoms with Crippen LogP contribution in [0.1, 0.15) is 50.2 Å². The molecule has 21 heavy (non-hydrogen) atoms. The average molecular weight is 311 g/mol. The molecule has 0 aromatic carbocycles. The first-order valence-electron chi connectivity index (χ1n) is 8.12. The standard InChI is InChI=1S/C15H25N3O2S/c1-2-6-16-13-10-21-9-12(13)15-17-14(18-20-15)8-11-5-3-4-7-19-11/h11-13,16H,2-10H2,1H3. The lowest BCUT2D eigenvalue weighted by molar-refractivity contribution is 0.0153. The second-order valence-corrected chi connectivity index (χ2v) is 7.02. The van der Waals surface area contributed by atoms with Crippen LogP contribution in [0.25, 0.3) is 0 Å². The lowest BCUT2D eigenvalue weighted by Crippen LogP contribution is -2.34. The Morgan fingerprint density at radius 1 is 1.33 bits per heavy atom. The van der Waals surface area contributed by atoms with Crippen molar-refractivity contribution >= 4 is 11.8 Å². The topological polar surface area (TPSA) is 60.2 Å². The largest absolute Gasteiger partial charge is 0.378 e. The van der Waals surface area contributed by atoms with E-state index in [0.29, 0.717) is 12.0 Å². The summed E-state index contributed by atoms with van der Waals surface area (Å²) >= 11 is 1.97. The molecule has 6 heteroatoms. The first kappa shape index (κ1) is 15.3. The number of thioether (sulfide) groups is 1. The van der Waals surface area contributed by atoms with Gasteiger partial charge in [-0.05, 0) is 32.2 Å². The van der Waals surface area contributed by atoms with Gasteiger partial charge in [-0.15, -0.1) is 0 Å². The molecule has 2 saturated heterocycles. The summed E-state index contributed by atoms with van der Waals surface area (Å²) in [4.78, 5) is 4.63. The summed E-state index contributed by atoms with van der Waals surface area (Å²) in [6.07, 6.45) is 5.76. The normalized spacial score (nSPS) is 29.9. The molecule has 3 atom stereocenters. The van der Waals surface area contributed by atoms with Crippen LogP contribution in [-0.4, -0.2) is 46.9 Å². The van der Waals surface area contributed by atoms with Crippen LogP contribution in [0.5, 0.6) is 0 Å². The van der Waals surface area contributed by atoms with Crippen LogP contribution in [0.15, 0.2) is 4.52 Å². The van der Waals surface area contributed by atoms with Gasteiger partial charge in [-0.1, -0.05) is 12.1 Å². The van der Waals surface area contributed by atoms with E-state index < -0.39 is 0 Å². The maximum atomic E-state index is 5.75. The van der Waals surface area contributed by atoms with Crippen molar-refractivity contribution in [3.63, 3.8) is 0 Å². The molecule has 0 aliphatic carbocycles. The van der Waals surface area contributed by atoms with Crippen molar-refractivity contribution in [3.05, 3.63) is 11.7 Å². The predicted octanol–water partition coefficient (Wildman–Crippen LogP) is 2.38. The van der Waals surface area contributed by atoms with E-state index in [1.54, 1.807) is 0 Å². The van der Waals surface area contributed by atoms with E-state index in [1.165, 1.54) is 12.8 Å². The molecule has 1 aromatic heterocycles. The van der Waals surface area contributed by atoms with Crippen LogP contribution in [0.3, 0.4) is 0 Å². The molecular formula is C15H25N3O2S. The highest BCUT2D eigenvalue weighted by atomic mass is 32.2. The molecule has 2 aliphatic rings. The fraction of sp³-hybridized carbons (Fsp3) is 0.867. The van der Waals surface area contributed by atoms with Crippen molar-refractivity contribution in [2.45, 2.75) is 57.1 Å². The maximum Gasteiger partial charge on any atom is 0.232 e. The third-order valence-corrected chi connectivity index (χ3v) is 5.41. The fourth-order valence-corrected chi connectivity index (χ4v) is 4.37. The van der Waals surface area contributed by atoms with Crippen LogP contribution < -0.4 is 5.32 Å². The summed E-state index contributed by atoms with van der Waals surface area (Å²) in [6.45, 7) is 4.12. The van der Waals surface area contributed by atoms with E-state index in [4.69, 9.17) is 9.26 Å². The van der Waals surface area contributed by atoms with Crippen molar-refractivity contribution in [1.29, 1.82) is 0 Å². The molecule has 118 valence electrons. The van der Waals surface area contributed by atoms with Crippen molar-refractivity contribution in [1.82, 2.24) is 15.5 Å². The van der Waals surface area contributed by atoms with Gasteiger partial charge in [0.25, 0.3) is 0 Å². The van der Waals surface area contributed by atoms with E-state index in [9.17, 15) is 0 Å². The van der Waals surface area contributed by atoms with Crippen LogP contribution in [-0.2, 0) is 11.2 Å². The van der Waals surface area contributed by atoms with Gasteiger partial charge < -0.3 is 14.6 Å². The Hall–Kier alpha value is -0.590. The Bertz CT molecular complexity index is 434. The van der Waals surface area contributed by atoms with E-state index in [0.717, 1.165) is 55.6 Å². The summed E-state index contributed by atoms with van der Waals surface area (Å²) < 4.78 is 11.3.